The van der Waals surface area contributed by atoms with Crippen molar-refractivity contribution < 1.29 is 19.0 Å². The molecular weight excluding hydrogens is 320 g/mol. The van der Waals surface area contributed by atoms with E-state index < -0.39 is 0 Å². The van der Waals surface area contributed by atoms with Gasteiger partial charge in [-0.15, -0.1) is 0 Å². The number of carbonyl (C=O) groups is 1. The summed E-state index contributed by atoms with van der Waals surface area (Å²) in [6.07, 6.45) is 6.11. The highest BCUT2D eigenvalue weighted by Gasteiger charge is 2.23. The Balaban J connectivity index is 1.48. The standard InChI is InChI=1S/C19H28N2O4/c1-14-17(19(22)23-2)6-7-18(20-14)21-10-8-15(9-11-21)25-13-16-5-3-4-12-24-16/h6-7,15-16H,3-5,8-13H2,1-2H3. The van der Waals surface area contributed by atoms with Crippen LogP contribution in [0.25, 0.3) is 0 Å². The van der Waals surface area contributed by atoms with E-state index in [2.05, 4.69) is 9.88 Å². The molecule has 1 aromatic heterocycles. The van der Waals surface area contributed by atoms with Crippen LogP contribution in [0.4, 0.5) is 5.82 Å². The first-order valence-corrected chi connectivity index (χ1v) is 9.21. The molecule has 0 radical (unpaired) electrons. The Morgan fingerprint density at radius 1 is 1.28 bits per heavy atom. The first-order chi connectivity index (χ1) is 12.2. The summed E-state index contributed by atoms with van der Waals surface area (Å²) in [5, 5.41) is 0. The summed E-state index contributed by atoms with van der Waals surface area (Å²) in [6, 6.07) is 3.70. The SMILES string of the molecule is COC(=O)c1ccc(N2CCC(OCC3CCCCO3)CC2)nc1C. The zero-order valence-corrected chi connectivity index (χ0v) is 15.2. The molecule has 0 saturated carbocycles. The molecule has 0 aromatic carbocycles. The van der Waals surface area contributed by atoms with Crippen LogP contribution < -0.4 is 4.90 Å². The summed E-state index contributed by atoms with van der Waals surface area (Å²) in [5.41, 5.74) is 1.23. The number of piperidine rings is 1. The van der Waals surface area contributed by atoms with Crippen LogP contribution in [0, 0.1) is 6.92 Å². The summed E-state index contributed by atoms with van der Waals surface area (Å²) in [6.45, 7) is 5.27. The van der Waals surface area contributed by atoms with Crippen molar-refractivity contribution in [2.75, 3.05) is 38.3 Å². The normalized spacial score (nSPS) is 22.0. The van der Waals surface area contributed by atoms with Crippen molar-refractivity contribution in [2.24, 2.45) is 0 Å². The number of hydrogen-bond donors (Lipinski definition) is 0. The Bertz CT molecular complexity index is 579. The molecule has 0 spiro atoms. The van der Waals surface area contributed by atoms with Crippen LogP contribution in [0.1, 0.15) is 48.2 Å². The molecule has 25 heavy (non-hydrogen) atoms. The van der Waals surface area contributed by atoms with E-state index >= 15 is 0 Å². The van der Waals surface area contributed by atoms with Gasteiger partial charge in [0.15, 0.2) is 0 Å². The highest BCUT2D eigenvalue weighted by molar-refractivity contribution is 5.90. The van der Waals surface area contributed by atoms with E-state index in [-0.39, 0.29) is 12.1 Å². The lowest BCUT2D eigenvalue weighted by atomic mass is 10.1. The lowest BCUT2D eigenvalue weighted by molar-refractivity contribution is -0.0672. The average molecular weight is 348 g/mol. The molecule has 0 N–H and O–H groups in total. The third-order valence-corrected chi connectivity index (χ3v) is 5.03. The van der Waals surface area contributed by atoms with Crippen molar-refractivity contribution in [1.29, 1.82) is 0 Å². The lowest BCUT2D eigenvalue weighted by Gasteiger charge is -2.34. The second kappa shape index (κ2) is 8.63. The van der Waals surface area contributed by atoms with E-state index in [9.17, 15) is 4.79 Å². The van der Waals surface area contributed by atoms with Gasteiger partial charge in [-0.1, -0.05) is 0 Å². The highest BCUT2D eigenvalue weighted by Crippen LogP contribution is 2.22. The van der Waals surface area contributed by atoms with Gasteiger partial charge in [0.2, 0.25) is 0 Å². The smallest absolute Gasteiger partial charge is 0.339 e. The Morgan fingerprint density at radius 3 is 2.72 bits per heavy atom. The summed E-state index contributed by atoms with van der Waals surface area (Å²) in [7, 11) is 1.39. The van der Waals surface area contributed by atoms with Crippen molar-refractivity contribution in [3.8, 4) is 0 Å². The van der Waals surface area contributed by atoms with E-state index in [1.165, 1.54) is 20.0 Å². The number of anilines is 1. The summed E-state index contributed by atoms with van der Waals surface area (Å²) >= 11 is 0. The van der Waals surface area contributed by atoms with Crippen molar-refractivity contribution in [3.63, 3.8) is 0 Å². The molecule has 2 aliphatic rings. The number of esters is 1. The zero-order valence-electron chi connectivity index (χ0n) is 15.2. The van der Waals surface area contributed by atoms with Gasteiger partial charge >= 0.3 is 5.97 Å². The highest BCUT2D eigenvalue weighted by atomic mass is 16.5. The molecule has 1 aromatic rings. The van der Waals surface area contributed by atoms with Gasteiger partial charge in [0.1, 0.15) is 5.82 Å². The second-order valence-corrected chi connectivity index (χ2v) is 6.80. The summed E-state index contributed by atoms with van der Waals surface area (Å²) < 4.78 is 16.6. The molecule has 0 aliphatic carbocycles. The number of methoxy groups -OCH3 is 1. The van der Waals surface area contributed by atoms with Crippen LogP contribution in [-0.2, 0) is 14.2 Å². The predicted octanol–water partition coefficient (Wildman–Crippen LogP) is 2.73. The number of aryl methyl sites for hydroxylation is 1. The lowest BCUT2D eigenvalue weighted by Crippen LogP contribution is -2.39. The topological polar surface area (TPSA) is 60.9 Å². The molecule has 2 aliphatic heterocycles. The molecule has 3 rings (SSSR count). The van der Waals surface area contributed by atoms with Gasteiger partial charge in [-0.2, -0.15) is 0 Å². The maximum Gasteiger partial charge on any atom is 0.339 e. The van der Waals surface area contributed by atoms with Crippen LogP contribution in [0.2, 0.25) is 0 Å². The van der Waals surface area contributed by atoms with E-state index in [0.29, 0.717) is 17.4 Å². The number of ether oxygens (including phenoxy) is 3. The minimum Gasteiger partial charge on any atom is -0.465 e. The number of pyridine rings is 1. The zero-order chi connectivity index (χ0) is 17.6. The van der Waals surface area contributed by atoms with Gasteiger partial charge in [0.05, 0.1) is 37.2 Å². The minimum absolute atomic E-state index is 0.280. The number of aromatic nitrogens is 1. The van der Waals surface area contributed by atoms with Gasteiger partial charge in [-0.3, -0.25) is 0 Å². The van der Waals surface area contributed by atoms with Gasteiger partial charge in [-0.25, -0.2) is 9.78 Å². The Hall–Kier alpha value is -1.66. The van der Waals surface area contributed by atoms with E-state index in [1.807, 2.05) is 13.0 Å². The number of rotatable bonds is 5. The van der Waals surface area contributed by atoms with Crippen molar-refractivity contribution in [3.05, 3.63) is 23.4 Å². The van der Waals surface area contributed by atoms with Crippen LogP contribution in [0.3, 0.4) is 0 Å². The number of nitrogens with zero attached hydrogens (tertiary/aromatic N) is 2. The fourth-order valence-electron chi connectivity index (χ4n) is 3.48. The molecule has 138 valence electrons. The molecule has 2 fully saturated rings. The largest absolute Gasteiger partial charge is 0.465 e. The van der Waals surface area contributed by atoms with Crippen LogP contribution in [0.5, 0.6) is 0 Å². The fourth-order valence-corrected chi connectivity index (χ4v) is 3.48. The van der Waals surface area contributed by atoms with Gasteiger partial charge in [0, 0.05) is 19.7 Å². The van der Waals surface area contributed by atoms with Crippen molar-refractivity contribution in [1.82, 2.24) is 4.98 Å². The molecule has 0 amide bonds. The molecule has 0 bridgehead atoms. The fraction of sp³-hybridized carbons (Fsp3) is 0.684. The van der Waals surface area contributed by atoms with E-state index in [0.717, 1.165) is 51.4 Å². The Kier molecular flexibility index (Phi) is 6.26. The molecule has 6 nitrogen and oxygen atoms in total. The second-order valence-electron chi connectivity index (χ2n) is 6.80. The van der Waals surface area contributed by atoms with E-state index in [4.69, 9.17) is 14.2 Å². The molecule has 1 unspecified atom stereocenters. The first-order valence-electron chi connectivity index (χ1n) is 9.21. The number of hydrogen-bond acceptors (Lipinski definition) is 6. The Labute approximate surface area is 149 Å². The maximum atomic E-state index is 11.7. The molecule has 2 saturated heterocycles. The number of carbonyl (C=O) groups excluding carboxylic acids is 1. The van der Waals surface area contributed by atoms with Gasteiger partial charge in [0.25, 0.3) is 0 Å². The molecule has 1 atom stereocenters. The summed E-state index contributed by atoms with van der Waals surface area (Å²) in [4.78, 5) is 18.5. The van der Waals surface area contributed by atoms with Gasteiger partial charge in [-0.05, 0) is 51.2 Å². The van der Waals surface area contributed by atoms with Gasteiger partial charge < -0.3 is 19.1 Å². The monoisotopic (exact) mass is 348 g/mol. The molecule has 6 heteroatoms. The van der Waals surface area contributed by atoms with Crippen molar-refractivity contribution >= 4 is 11.8 Å². The minimum atomic E-state index is -0.339. The Morgan fingerprint density at radius 2 is 2.08 bits per heavy atom. The molecule has 3 heterocycles. The van der Waals surface area contributed by atoms with Crippen LogP contribution in [-0.4, -0.2) is 56.6 Å². The molecular formula is C19H28N2O4. The quantitative estimate of drug-likeness (QED) is 0.763. The van der Waals surface area contributed by atoms with E-state index in [1.54, 1.807) is 6.07 Å². The predicted molar refractivity (Wildman–Crippen MR) is 95.1 cm³/mol. The third kappa shape index (κ3) is 4.70. The van der Waals surface area contributed by atoms with Crippen molar-refractivity contribution in [2.45, 2.75) is 51.2 Å². The summed E-state index contributed by atoms with van der Waals surface area (Å²) in [5.74, 6) is 0.577. The maximum absolute atomic E-state index is 11.7. The third-order valence-electron chi connectivity index (χ3n) is 5.03. The average Bonchev–Trinajstić information content (AvgIpc) is 2.67. The van der Waals surface area contributed by atoms with Crippen LogP contribution >= 0.6 is 0 Å². The van der Waals surface area contributed by atoms with Crippen LogP contribution in [0.15, 0.2) is 12.1 Å². The first kappa shape index (κ1) is 18.1.